The molecule has 1 rings (SSSR count). The van der Waals surface area contributed by atoms with E-state index in [1.54, 1.807) is 24.3 Å². The zero-order valence-electron chi connectivity index (χ0n) is 13.3. The summed E-state index contributed by atoms with van der Waals surface area (Å²) in [6.45, 7) is 4.48. The van der Waals surface area contributed by atoms with E-state index in [9.17, 15) is 9.59 Å². The lowest BCUT2D eigenvalue weighted by atomic mass is 10.1. The number of carbonyl (C=O) groups is 2. The number of carbonyl (C=O) groups excluding carboxylic acids is 2. The molecule has 1 aromatic carbocycles. The second-order valence-corrected chi connectivity index (χ2v) is 5.01. The fourth-order valence-corrected chi connectivity index (χ4v) is 1.88. The maximum Gasteiger partial charge on any atom is 0.411 e. The van der Waals surface area contributed by atoms with Crippen LogP contribution in [0.3, 0.4) is 0 Å². The molecule has 0 fully saturated rings. The fourth-order valence-electron chi connectivity index (χ4n) is 1.88. The Morgan fingerprint density at radius 3 is 2.50 bits per heavy atom. The van der Waals surface area contributed by atoms with Gasteiger partial charge in [-0.05, 0) is 24.6 Å². The van der Waals surface area contributed by atoms with Crippen LogP contribution < -0.4 is 10.6 Å². The molecule has 0 aromatic heterocycles. The van der Waals surface area contributed by atoms with Crippen LogP contribution in [-0.2, 0) is 14.3 Å². The van der Waals surface area contributed by atoms with Gasteiger partial charge in [0, 0.05) is 24.4 Å². The molecule has 0 aliphatic heterocycles. The number of anilines is 2. The predicted molar refractivity (Wildman–Crippen MR) is 86.0 cm³/mol. The molecule has 122 valence electrons. The first-order valence-corrected chi connectivity index (χ1v) is 7.40. The Morgan fingerprint density at radius 1 is 1.18 bits per heavy atom. The minimum Gasteiger partial charge on any atom is -0.447 e. The van der Waals surface area contributed by atoms with Crippen molar-refractivity contribution in [3.8, 4) is 0 Å². The maximum atomic E-state index is 12.0. The van der Waals surface area contributed by atoms with Crippen LogP contribution in [0.15, 0.2) is 24.3 Å². The van der Waals surface area contributed by atoms with Crippen molar-refractivity contribution < 1.29 is 19.1 Å². The van der Waals surface area contributed by atoms with Gasteiger partial charge < -0.3 is 14.8 Å². The van der Waals surface area contributed by atoms with Crippen LogP contribution in [-0.4, -0.2) is 32.3 Å². The molecular formula is C16H24N2O4. The Bertz CT molecular complexity index is 491. The van der Waals surface area contributed by atoms with E-state index in [2.05, 4.69) is 10.6 Å². The number of rotatable bonds is 8. The van der Waals surface area contributed by atoms with Crippen molar-refractivity contribution in [3.63, 3.8) is 0 Å². The molecule has 2 amide bonds. The highest BCUT2D eigenvalue weighted by atomic mass is 16.6. The summed E-state index contributed by atoms with van der Waals surface area (Å²) in [7, 11) is 1.53. The Labute approximate surface area is 131 Å². The van der Waals surface area contributed by atoms with Crippen LogP contribution in [0.25, 0.3) is 0 Å². The largest absolute Gasteiger partial charge is 0.447 e. The molecule has 0 aliphatic rings. The van der Waals surface area contributed by atoms with E-state index >= 15 is 0 Å². The first-order chi connectivity index (χ1) is 10.6. The van der Waals surface area contributed by atoms with Crippen LogP contribution in [0.4, 0.5) is 16.2 Å². The first-order valence-electron chi connectivity index (χ1n) is 7.40. The second kappa shape index (κ2) is 9.78. The van der Waals surface area contributed by atoms with E-state index in [-0.39, 0.29) is 18.4 Å². The van der Waals surface area contributed by atoms with Gasteiger partial charge in [-0.25, -0.2) is 4.79 Å². The average molecular weight is 308 g/mol. The summed E-state index contributed by atoms with van der Waals surface area (Å²) in [5.74, 6) is -0.0673. The van der Waals surface area contributed by atoms with E-state index in [4.69, 9.17) is 9.47 Å². The molecular weight excluding hydrogens is 284 g/mol. The first kappa shape index (κ1) is 18.0. The van der Waals surface area contributed by atoms with Crippen molar-refractivity contribution in [2.75, 3.05) is 31.0 Å². The Kier molecular flexibility index (Phi) is 7.99. The van der Waals surface area contributed by atoms with Crippen LogP contribution >= 0.6 is 0 Å². The van der Waals surface area contributed by atoms with Gasteiger partial charge in [-0.1, -0.05) is 26.3 Å². The summed E-state index contributed by atoms with van der Waals surface area (Å²) in [5, 5.41) is 5.44. The summed E-state index contributed by atoms with van der Waals surface area (Å²) in [5.41, 5.74) is 1.20. The van der Waals surface area contributed by atoms with E-state index in [1.165, 1.54) is 7.11 Å². The van der Waals surface area contributed by atoms with Gasteiger partial charge in [-0.15, -0.1) is 0 Å². The van der Waals surface area contributed by atoms with Gasteiger partial charge in [0.1, 0.15) is 6.61 Å². The molecule has 1 atom stereocenters. The number of amides is 2. The van der Waals surface area contributed by atoms with E-state index < -0.39 is 6.09 Å². The van der Waals surface area contributed by atoms with Crippen molar-refractivity contribution in [2.24, 2.45) is 5.92 Å². The molecule has 0 unspecified atom stereocenters. The van der Waals surface area contributed by atoms with Gasteiger partial charge >= 0.3 is 6.09 Å². The smallest absolute Gasteiger partial charge is 0.411 e. The minimum atomic E-state index is -0.556. The Balaban J connectivity index is 2.55. The molecule has 22 heavy (non-hydrogen) atoms. The molecule has 6 heteroatoms. The van der Waals surface area contributed by atoms with Gasteiger partial charge in [0.25, 0.3) is 0 Å². The highest BCUT2D eigenvalue weighted by molar-refractivity contribution is 5.93. The number of hydrogen-bond donors (Lipinski definition) is 2. The molecule has 2 N–H and O–H groups in total. The zero-order chi connectivity index (χ0) is 16.4. The summed E-state index contributed by atoms with van der Waals surface area (Å²) in [6, 6.07) is 6.94. The van der Waals surface area contributed by atoms with Gasteiger partial charge in [-0.3, -0.25) is 10.1 Å². The lowest BCUT2D eigenvalue weighted by Crippen LogP contribution is -2.20. The highest BCUT2D eigenvalue weighted by Crippen LogP contribution is 2.17. The number of nitrogens with one attached hydrogen (secondary N) is 2. The Morgan fingerprint density at radius 2 is 1.86 bits per heavy atom. The van der Waals surface area contributed by atoms with E-state index in [1.807, 2.05) is 13.8 Å². The monoisotopic (exact) mass is 308 g/mol. The van der Waals surface area contributed by atoms with Crippen LogP contribution in [0.2, 0.25) is 0 Å². The molecule has 6 nitrogen and oxygen atoms in total. The minimum absolute atomic E-state index is 0.0262. The Hall–Kier alpha value is -2.08. The normalized spacial score (nSPS) is 11.6. The van der Waals surface area contributed by atoms with Crippen LogP contribution in [0.5, 0.6) is 0 Å². The van der Waals surface area contributed by atoms with E-state index in [0.717, 1.165) is 12.8 Å². The molecule has 0 saturated heterocycles. The topological polar surface area (TPSA) is 76.7 Å². The van der Waals surface area contributed by atoms with Crippen molar-refractivity contribution in [1.82, 2.24) is 0 Å². The fraction of sp³-hybridized carbons (Fsp3) is 0.500. The van der Waals surface area contributed by atoms with Gasteiger partial charge in [0.05, 0.1) is 6.61 Å². The van der Waals surface area contributed by atoms with Gasteiger partial charge in [0.2, 0.25) is 5.91 Å². The molecule has 0 spiro atoms. The molecule has 0 bridgehead atoms. The predicted octanol–water partition coefficient (Wildman–Crippen LogP) is 3.26. The van der Waals surface area contributed by atoms with Gasteiger partial charge in [-0.2, -0.15) is 0 Å². The van der Waals surface area contributed by atoms with Crippen LogP contribution in [0, 0.1) is 5.92 Å². The maximum absolute atomic E-state index is 12.0. The standard InChI is InChI=1S/C16H24N2O4/c1-4-6-12(2)15(19)17-13-7-5-8-14(11-13)18-16(20)22-10-9-21-3/h5,7-8,11-12H,4,6,9-10H2,1-3H3,(H,17,19)(H,18,20)/t12-/m1/s1. The van der Waals surface area contributed by atoms with Crippen molar-refractivity contribution >= 4 is 23.4 Å². The zero-order valence-corrected chi connectivity index (χ0v) is 13.3. The van der Waals surface area contributed by atoms with Crippen molar-refractivity contribution in [2.45, 2.75) is 26.7 Å². The summed E-state index contributed by atoms with van der Waals surface area (Å²) in [6.07, 6.45) is 1.25. The summed E-state index contributed by atoms with van der Waals surface area (Å²) >= 11 is 0. The lowest BCUT2D eigenvalue weighted by Gasteiger charge is -2.12. The number of benzene rings is 1. The molecule has 0 saturated carbocycles. The molecule has 0 radical (unpaired) electrons. The average Bonchev–Trinajstić information content (AvgIpc) is 2.48. The number of ether oxygens (including phenoxy) is 2. The third-order valence-electron chi connectivity index (χ3n) is 3.07. The summed E-state index contributed by atoms with van der Waals surface area (Å²) < 4.78 is 9.71. The van der Waals surface area contributed by atoms with Gasteiger partial charge in [0.15, 0.2) is 0 Å². The molecule has 1 aromatic rings. The lowest BCUT2D eigenvalue weighted by molar-refractivity contribution is -0.119. The highest BCUT2D eigenvalue weighted by Gasteiger charge is 2.12. The molecule has 0 heterocycles. The summed E-state index contributed by atoms with van der Waals surface area (Å²) in [4.78, 5) is 23.5. The van der Waals surface area contributed by atoms with Crippen molar-refractivity contribution in [3.05, 3.63) is 24.3 Å². The second-order valence-electron chi connectivity index (χ2n) is 5.01. The third kappa shape index (κ3) is 6.58. The quantitative estimate of drug-likeness (QED) is 0.723. The van der Waals surface area contributed by atoms with Crippen LogP contribution in [0.1, 0.15) is 26.7 Å². The van der Waals surface area contributed by atoms with Crippen molar-refractivity contribution in [1.29, 1.82) is 0 Å². The third-order valence-corrected chi connectivity index (χ3v) is 3.07. The number of hydrogen-bond acceptors (Lipinski definition) is 4. The molecule has 0 aliphatic carbocycles. The van der Waals surface area contributed by atoms with E-state index in [0.29, 0.717) is 18.0 Å². The number of methoxy groups -OCH3 is 1. The SMILES string of the molecule is CCC[C@@H](C)C(=O)Nc1cccc(NC(=O)OCCOC)c1.